The zero-order chi connectivity index (χ0) is 11.8. The molecule has 1 aromatic rings. The number of hydrogen-bond donors (Lipinski definition) is 1. The number of hydrogen-bond acceptors (Lipinski definition) is 2. The summed E-state index contributed by atoms with van der Waals surface area (Å²) >= 11 is 0. The molecule has 0 spiro atoms. The summed E-state index contributed by atoms with van der Waals surface area (Å²) in [6.07, 6.45) is 3.66. The van der Waals surface area contributed by atoms with E-state index in [0.29, 0.717) is 6.04 Å². The lowest BCUT2D eigenvalue weighted by Gasteiger charge is -2.25. The molecule has 2 nitrogen and oxygen atoms in total. The zero-order valence-corrected chi connectivity index (χ0v) is 10.7. The highest BCUT2D eigenvalue weighted by Gasteiger charge is 2.40. The van der Waals surface area contributed by atoms with Gasteiger partial charge in [0.15, 0.2) is 0 Å². The van der Waals surface area contributed by atoms with Gasteiger partial charge in [0, 0.05) is 11.6 Å². The predicted molar refractivity (Wildman–Crippen MR) is 69.3 cm³/mol. The SMILES string of the molecule is CNC(c1cccc2c1OCCC2)C1CC1C. The molecule has 1 N–H and O–H groups in total. The smallest absolute Gasteiger partial charge is 0.127 e. The van der Waals surface area contributed by atoms with Gasteiger partial charge in [-0.1, -0.05) is 25.1 Å². The molecule has 0 saturated heterocycles. The fraction of sp³-hybridized carbons (Fsp3) is 0.600. The third-order valence-electron chi connectivity index (χ3n) is 4.21. The van der Waals surface area contributed by atoms with Gasteiger partial charge >= 0.3 is 0 Å². The minimum atomic E-state index is 0.470. The van der Waals surface area contributed by atoms with Crippen molar-refractivity contribution >= 4 is 0 Å². The van der Waals surface area contributed by atoms with E-state index < -0.39 is 0 Å². The van der Waals surface area contributed by atoms with Crippen molar-refractivity contribution in [3.05, 3.63) is 29.3 Å². The van der Waals surface area contributed by atoms with Gasteiger partial charge in [-0.3, -0.25) is 0 Å². The van der Waals surface area contributed by atoms with Crippen LogP contribution < -0.4 is 10.1 Å². The molecule has 1 aliphatic carbocycles. The molecule has 1 saturated carbocycles. The average Bonchev–Trinajstić information content (AvgIpc) is 3.08. The Labute approximate surface area is 103 Å². The van der Waals surface area contributed by atoms with Crippen molar-refractivity contribution in [2.75, 3.05) is 13.7 Å². The van der Waals surface area contributed by atoms with Gasteiger partial charge in [0.25, 0.3) is 0 Å². The standard InChI is InChI=1S/C15H21NO/c1-10-9-13(10)14(16-2)12-7-3-5-11-6-4-8-17-15(11)12/h3,5,7,10,13-14,16H,4,6,8-9H2,1-2H3. The summed E-state index contributed by atoms with van der Waals surface area (Å²) in [6, 6.07) is 7.09. The van der Waals surface area contributed by atoms with E-state index in [1.807, 2.05) is 0 Å². The Morgan fingerprint density at radius 2 is 2.24 bits per heavy atom. The summed E-state index contributed by atoms with van der Waals surface area (Å²) in [5, 5.41) is 3.48. The highest BCUT2D eigenvalue weighted by molar-refractivity contribution is 5.45. The molecule has 17 heavy (non-hydrogen) atoms. The molecule has 0 amide bonds. The molecule has 2 aliphatic rings. The minimum absolute atomic E-state index is 0.470. The molecule has 3 atom stereocenters. The van der Waals surface area contributed by atoms with Gasteiger partial charge in [-0.15, -0.1) is 0 Å². The number of benzene rings is 1. The molecule has 0 bridgehead atoms. The maximum Gasteiger partial charge on any atom is 0.127 e. The van der Waals surface area contributed by atoms with Gasteiger partial charge in [-0.25, -0.2) is 0 Å². The molecule has 1 fully saturated rings. The normalized spacial score (nSPS) is 28.1. The molecular formula is C15H21NO. The minimum Gasteiger partial charge on any atom is -0.493 e. The lowest BCUT2D eigenvalue weighted by molar-refractivity contribution is 0.280. The van der Waals surface area contributed by atoms with E-state index in [1.165, 1.54) is 24.0 Å². The molecule has 1 aromatic carbocycles. The van der Waals surface area contributed by atoms with Crippen LogP contribution in [0.3, 0.4) is 0 Å². The zero-order valence-electron chi connectivity index (χ0n) is 10.7. The summed E-state index contributed by atoms with van der Waals surface area (Å²) in [7, 11) is 2.07. The first-order valence-electron chi connectivity index (χ1n) is 6.73. The molecule has 3 unspecified atom stereocenters. The van der Waals surface area contributed by atoms with Crippen LogP contribution in [0.1, 0.15) is 36.9 Å². The molecule has 0 radical (unpaired) electrons. The maximum atomic E-state index is 5.91. The molecule has 1 heterocycles. The van der Waals surface area contributed by atoms with Gasteiger partial charge in [0.2, 0.25) is 0 Å². The van der Waals surface area contributed by atoms with Gasteiger partial charge in [-0.2, -0.15) is 0 Å². The Kier molecular flexibility index (Phi) is 2.83. The van der Waals surface area contributed by atoms with Crippen molar-refractivity contribution in [3.63, 3.8) is 0 Å². The van der Waals surface area contributed by atoms with Crippen molar-refractivity contribution in [2.45, 2.75) is 32.2 Å². The molecule has 0 aromatic heterocycles. The van der Waals surface area contributed by atoms with Crippen LogP contribution in [0.5, 0.6) is 5.75 Å². The Morgan fingerprint density at radius 3 is 2.94 bits per heavy atom. The van der Waals surface area contributed by atoms with Crippen LogP contribution in [0.2, 0.25) is 0 Å². The third kappa shape index (κ3) is 1.95. The summed E-state index contributed by atoms with van der Waals surface area (Å²) in [5.41, 5.74) is 2.77. The lowest BCUT2D eigenvalue weighted by atomic mass is 9.95. The maximum absolute atomic E-state index is 5.91. The fourth-order valence-corrected chi connectivity index (χ4v) is 3.07. The van der Waals surface area contributed by atoms with Crippen LogP contribution in [0, 0.1) is 11.8 Å². The van der Waals surface area contributed by atoms with Gasteiger partial charge in [0.1, 0.15) is 5.75 Å². The second-order valence-corrected chi connectivity index (χ2v) is 5.43. The van der Waals surface area contributed by atoms with Gasteiger partial charge < -0.3 is 10.1 Å². The fourth-order valence-electron chi connectivity index (χ4n) is 3.07. The number of nitrogens with one attached hydrogen (secondary N) is 1. The summed E-state index contributed by atoms with van der Waals surface area (Å²) in [5.74, 6) is 2.81. The number of rotatable bonds is 3. The van der Waals surface area contributed by atoms with Crippen LogP contribution in [0.15, 0.2) is 18.2 Å². The largest absolute Gasteiger partial charge is 0.493 e. The highest BCUT2D eigenvalue weighted by atomic mass is 16.5. The van der Waals surface area contributed by atoms with E-state index in [9.17, 15) is 0 Å². The number of para-hydroxylation sites is 1. The Morgan fingerprint density at radius 1 is 1.41 bits per heavy atom. The van der Waals surface area contributed by atoms with Crippen molar-refractivity contribution < 1.29 is 4.74 Å². The first-order chi connectivity index (χ1) is 8.31. The summed E-state index contributed by atoms with van der Waals surface area (Å²) in [4.78, 5) is 0. The van der Waals surface area contributed by atoms with E-state index in [1.54, 1.807) is 0 Å². The molecule has 3 rings (SSSR count). The van der Waals surface area contributed by atoms with Gasteiger partial charge in [-0.05, 0) is 43.7 Å². The predicted octanol–water partition coefficient (Wildman–Crippen LogP) is 2.93. The van der Waals surface area contributed by atoms with Gasteiger partial charge in [0.05, 0.1) is 6.61 Å². The second-order valence-electron chi connectivity index (χ2n) is 5.43. The van der Waals surface area contributed by atoms with Crippen molar-refractivity contribution in [3.8, 4) is 5.75 Å². The Balaban J connectivity index is 1.95. The van der Waals surface area contributed by atoms with Crippen molar-refractivity contribution in [1.82, 2.24) is 5.32 Å². The second kappa shape index (κ2) is 4.34. The first kappa shape index (κ1) is 11.1. The van der Waals surface area contributed by atoms with Crippen molar-refractivity contribution in [1.29, 1.82) is 0 Å². The van der Waals surface area contributed by atoms with E-state index in [2.05, 4.69) is 37.5 Å². The number of ether oxygens (including phenoxy) is 1. The number of fused-ring (bicyclic) bond motifs is 1. The molecule has 1 aliphatic heterocycles. The highest BCUT2D eigenvalue weighted by Crippen LogP contribution is 2.49. The van der Waals surface area contributed by atoms with Crippen LogP contribution in [0.4, 0.5) is 0 Å². The van der Waals surface area contributed by atoms with Crippen molar-refractivity contribution in [2.24, 2.45) is 11.8 Å². The summed E-state index contributed by atoms with van der Waals surface area (Å²) < 4.78 is 5.91. The lowest BCUT2D eigenvalue weighted by Crippen LogP contribution is -2.21. The third-order valence-corrected chi connectivity index (χ3v) is 4.21. The van der Waals surface area contributed by atoms with Crippen LogP contribution >= 0.6 is 0 Å². The van der Waals surface area contributed by atoms with E-state index >= 15 is 0 Å². The quantitative estimate of drug-likeness (QED) is 0.863. The Hall–Kier alpha value is -1.02. The summed E-state index contributed by atoms with van der Waals surface area (Å²) in [6.45, 7) is 3.21. The number of aryl methyl sites for hydroxylation is 1. The molecular weight excluding hydrogens is 210 g/mol. The van der Waals surface area contributed by atoms with E-state index in [0.717, 1.165) is 30.6 Å². The van der Waals surface area contributed by atoms with Crippen LogP contribution in [-0.2, 0) is 6.42 Å². The van der Waals surface area contributed by atoms with Crippen LogP contribution in [-0.4, -0.2) is 13.7 Å². The van der Waals surface area contributed by atoms with E-state index in [4.69, 9.17) is 4.74 Å². The average molecular weight is 231 g/mol. The Bertz CT molecular complexity index is 415. The van der Waals surface area contributed by atoms with E-state index in [-0.39, 0.29) is 0 Å². The first-order valence-corrected chi connectivity index (χ1v) is 6.73. The molecule has 2 heteroatoms. The van der Waals surface area contributed by atoms with Crippen LogP contribution in [0.25, 0.3) is 0 Å². The molecule has 92 valence electrons. The topological polar surface area (TPSA) is 21.3 Å². The monoisotopic (exact) mass is 231 g/mol.